The van der Waals surface area contributed by atoms with Gasteiger partial charge in [-0.3, -0.25) is 0 Å². The Bertz CT molecular complexity index is 343. The van der Waals surface area contributed by atoms with Gasteiger partial charge in [0.2, 0.25) is 0 Å². The molecule has 0 N–H and O–H groups in total. The highest BCUT2D eigenvalue weighted by molar-refractivity contribution is 7.99. The Morgan fingerprint density at radius 2 is 1.82 bits per heavy atom. The summed E-state index contributed by atoms with van der Waals surface area (Å²) >= 11 is 1.96. The van der Waals surface area contributed by atoms with Crippen molar-refractivity contribution in [2.45, 2.75) is 56.1 Å². The second-order valence-corrected chi connectivity index (χ2v) is 7.08. The summed E-state index contributed by atoms with van der Waals surface area (Å²) in [7, 11) is 0. The van der Waals surface area contributed by atoms with Crippen LogP contribution in [0, 0.1) is 0 Å². The zero-order valence-electron chi connectivity index (χ0n) is 11.5. The first kappa shape index (κ1) is 14.4. The highest BCUT2D eigenvalue weighted by Gasteiger charge is 2.13. The molecule has 0 amide bonds. The minimum atomic E-state index is 0.248. The summed E-state index contributed by atoms with van der Waals surface area (Å²) in [4.78, 5) is 1.37. The van der Waals surface area contributed by atoms with Crippen molar-refractivity contribution in [2.24, 2.45) is 0 Å². The number of hydrogen-bond acceptors (Lipinski definition) is 1. The average Bonchev–Trinajstić information content (AvgIpc) is 2.26. The molecule has 1 heteroatoms. The Morgan fingerprint density at radius 3 is 2.29 bits per heavy atom. The zero-order valence-corrected chi connectivity index (χ0v) is 12.3. The summed E-state index contributed by atoms with van der Waals surface area (Å²) in [5.74, 6) is 0. The Balaban J connectivity index is 2.59. The van der Waals surface area contributed by atoms with Crippen LogP contribution in [-0.2, 0) is 5.41 Å². The monoisotopic (exact) mass is 248 g/mol. The van der Waals surface area contributed by atoms with E-state index in [1.54, 1.807) is 0 Å². The van der Waals surface area contributed by atoms with Crippen molar-refractivity contribution in [3.05, 3.63) is 42.5 Å². The highest BCUT2D eigenvalue weighted by Crippen LogP contribution is 2.29. The molecule has 0 saturated heterocycles. The third kappa shape index (κ3) is 4.99. The molecule has 0 aliphatic rings. The van der Waals surface area contributed by atoms with Gasteiger partial charge in [-0.2, -0.15) is 0 Å². The van der Waals surface area contributed by atoms with E-state index < -0.39 is 0 Å². The summed E-state index contributed by atoms with van der Waals surface area (Å²) in [6, 6.07) is 9.00. The van der Waals surface area contributed by atoms with Crippen molar-refractivity contribution >= 4 is 11.8 Å². The Hall–Kier alpha value is -0.690. The van der Waals surface area contributed by atoms with Crippen molar-refractivity contribution < 1.29 is 0 Å². The molecule has 0 bridgehead atoms. The van der Waals surface area contributed by atoms with E-state index in [-0.39, 0.29) is 5.41 Å². The van der Waals surface area contributed by atoms with Crippen LogP contribution in [0.5, 0.6) is 0 Å². The number of benzene rings is 1. The van der Waals surface area contributed by atoms with Gasteiger partial charge < -0.3 is 0 Å². The topological polar surface area (TPSA) is 0 Å². The van der Waals surface area contributed by atoms with Crippen LogP contribution in [0.1, 0.15) is 46.1 Å². The molecule has 0 nitrogen and oxygen atoms in total. The van der Waals surface area contributed by atoms with Gasteiger partial charge in [0.05, 0.1) is 0 Å². The van der Waals surface area contributed by atoms with E-state index in [1.807, 2.05) is 17.8 Å². The summed E-state index contributed by atoms with van der Waals surface area (Å²) in [5, 5.41) is 0.661. The van der Waals surface area contributed by atoms with E-state index >= 15 is 0 Å². The maximum absolute atomic E-state index is 3.77. The molecular formula is C16H24S. The molecule has 0 radical (unpaired) electrons. The first-order valence-electron chi connectivity index (χ1n) is 6.31. The molecule has 0 fully saturated rings. The third-order valence-corrected chi connectivity index (χ3v) is 4.02. The third-order valence-electron chi connectivity index (χ3n) is 2.83. The van der Waals surface area contributed by atoms with Crippen molar-refractivity contribution in [2.75, 3.05) is 0 Å². The number of hydrogen-bond donors (Lipinski definition) is 0. The summed E-state index contributed by atoms with van der Waals surface area (Å²) in [6.07, 6.45) is 4.31. The van der Waals surface area contributed by atoms with Gasteiger partial charge in [-0.1, -0.05) is 45.9 Å². The Labute approximate surface area is 111 Å². The van der Waals surface area contributed by atoms with Crippen molar-refractivity contribution in [3.8, 4) is 0 Å². The lowest BCUT2D eigenvalue weighted by Crippen LogP contribution is -2.10. The van der Waals surface area contributed by atoms with Crippen LogP contribution >= 0.6 is 11.8 Å². The molecule has 0 spiro atoms. The molecule has 0 aromatic heterocycles. The first-order valence-corrected chi connectivity index (χ1v) is 7.19. The van der Waals surface area contributed by atoms with Gasteiger partial charge in [-0.25, -0.2) is 0 Å². The van der Waals surface area contributed by atoms with E-state index in [9.17, 15) is 0 Å². The molecule has 17 heavy (non-hydrogen) atoms. The highest BCUT2D eigenvalue weighted by atomic mass is 32.2. The van der Waals surface area contributed by atoms with Gasteiger partial charge in [0, 0.05) is 10.1 Å². The predicted octanol–water partition coefficient (Wildman–Crippen LogP) is 5.43. The van der Waals surface area contributed by atoms with E-state index in [4.69, 9.17) is 0 Å². The van der Waals surface area contributed by atoms with Crippen LogP contribution in [0.15, 0.2) is 41.8 Å². The lowest BCUT2D eigenvalue weighted by atomic mass is 9.87. The van der Waals surface area contributed by atoms with Crippen LogP contribution in [0.4, 0.5) is 0 Å². The van der Waals surface area contributed by atoms with Gasteiger partial charge >= 0.3 is 0 Å². The van der Waals surface area contributed by atoms with Crippen LogP contribution in [-0.4, -0.2) is 5.25 Å². The van der Waals surface area contributed by atoms with Crippen molar-refractivity contribution in [1.82, 2.24) is 0 Å². The molecule has 0 aliphatic heterocycles. The molecule has 1 atom stereocenters. The molecule has 0 heterocycles. The van der Waals surface area contributed by atoms with Crippen LogP contribution < -0.4 is 0 Å². The minimum absolute atomic E-state index is 0.248. The Morgan fingerprint density at radius 1 is 1.24 bits per heavy atom. The van der Waals surface area contributed by atoms with Crippen LogP contribution in [0.3, 0.4) is 0 Å². The Kier molecular flexibility index (Phi) is 5.32. The lowest BCUT2D eigenvalue weighted by Gasteiger charge is -2.19. The fraction of sp³-hybridized carbons (Fsp3) is 0.500. The maximum Gasteiger partial charge on any atom is 0.00748 e. The number of allylic oxidation sites excluding steroid dienone is 1. The second kappa shape index (κ2) is 6.30. The number of thioether (sulfide) groups is 1. The molecular weight excluding hydrogens is 224 g/mol. The summed E-state index contributed by atoms with van der Waals surface area (Å²) in [6.45, 7) is 12.8. The molecule has 1 aromatic carbocycles. The quantitative estimate of drug-likeness (QED) is 0.494. The second-order valence-electron chi connectivity index (χ2n) is 5.57. The number of rotatable bonds is 5. The first-order chi connectivity index (χ1) is 7.93. The van der Waals surface area contributed by atoms with E-state index in [0.29, 0.717) is 5.25 Å². The van der Waals surface area contributed by atoms with Crippen molar-refractivity contribution in [3.63, 3.8) is 0 Å². The average molecular weight is 248 g/mol. The normalized spacial score (nSPS) is 13.4. The van der Waals surface area contributed by atoms with Gasteiger partial charge in [-0.05, 0) is 36.0 Å². The zero-order chi connectivity index (χ0) is 12.9. The van der Waals surface area contributed by atoms with E-state index in [2.05, 4.69) is 58.5 Å². The van der Waals surface area contributed by atoms with E-state index in [1.165, 1.54) is 16.9 Å². The largest absolute Gasteiger partial charge is 0.123 e. The van der Waals surface area contributed by atoms with Crippen LogP contribution in [0.25, 0.3) is 0 Å². The molecule has 1 rings (SSSR count). The fourth-order valence-corrected chi connectivity index (χ4v) is 2.69. The fourth-order valence-electron chi connectivity index (χ4n) is 1.68. The van der Waals surface area contributed by atoms with Crippen molar-refractivity contribution in [1.29, 1.82) is 0 Å². The molecule has 1 unspecified atom stereocenters. The van der Waals surface area contributed by atoms with E-state index in [0.717, 1.165) is 6.42 Å². The maximum atomic E-state index is 3.77. The summed E-state index contributed by atoms with van der Waals surface area (Å²) in [5.41, 5.74) is 1.65. The van der Waals surface area contributed by atoms with Gasteiger partial charge in [-0.15, -0.1) is 18.3 Å². The standard InChI is InChI=1S/C16H24S/c1-6-7-8-13(2)17-15-11-9-14(10-12-15)16(3,4)5/h6,9-13H,1,7-8H2,2-5H3. The molecule has 94 valence electrons. The van der Waals surface area contributed by atoms with Gasteiger partial charge in [0.25, 0.3) is 0 Å². The smallest absolute Gasteiger partial charge is 0.00748 e. The van der Waals surface area contributed by atoms with Gasteiger partial charge in [0.15, 0.2) is 0 Å². The molecule has 0 saturated carbocycles. The lowest BCUT2D eigenvalue weighted by molar-refractivity contribution is 0.590. The predicted molar refractivity (Wildman–Crippen MR) is 79.9 cm³/mol. The SMILES string of the molecule is C=CCCC(C)Sc1ccc(C(C)(C)C)cc1. The summed E-state index contributed by atoms with van der Waals surface area (Å²) < 4.78 is 0. The molecule has 1 aromatic rings. The molecule has 0 aliphatic carbocycles. The van der Waals surface area contributed by atoms with Crippen LogP contribution in [0.2, 0.25) is 0 Å². The minimum Gasteiger partial charge on any atom is -0.123 e. The van der Waals surface area contributed by atoms with Gasteiger partial charge in [0.1, 0.15) is 0 Å².